The normalized spacial score (nSPS) is 21.3. The minimum atomic E-state index is -4.22. The van der Waals surface area contributed by atoms with E-state index in [1.807, 2.05) is 6.07 Å². The summed E-state index contributed by atoms with van der Waals surface area (Å²) < 4.78 is 46.8. The first-order chi connectivity index (χ1) is 15.3. The maximum Gasteiger partial charge on any atom is 0.252 e. The third-order valence-electron chi connectivity index (χ3n) is 5.55. The van der Waals surface area contributed by atoms with Crippen molar-refractivity contribution in [2.45, 2.75) is 36.3 Å². The highest BCUT2D eigenvalue weighted by molar-refractivity contribution is 7.89. The van der Waals surface area contributed by atoms with Crippen molar-refractivity contribution in [3.63, 3.8) is 0 Å². The van der Waals surface area contributed by atoms with Gasteiger partial charge >= 0.3 is 0 Å². The van der Waals surface area contributed by atoms with Crippen LogP contribution >= 0.6 is 0 Å². The van der Waals surface area contributed by atoms with Gasteiger partial charge in [0.1, 0.15) is 11.9 Å². The Morgan fingerprint density at radius 3 is 2.41 bits per heavy atom. The summed E-state index contributed by atoms with van der Waals surface area (Å²) >= 11 is 0. The summed E-state index contributed by atoms with van der Waals surface area (Å²) in [5, 5.41) is 8.96. The van der Waals surface area contributed by atoms with Crippen LogP contribution in [0.1, 0.15) is 24.8 Å². The fourth-order valence-corrected chi connectivity index (χ4v) is 5.53. The van der Waals surface area contributed by atoms with Gasteiger partial charge in [-0.1, -0.05) is 0 Å². The number of benzene rings is 2. The second-order valence-electron chi connectivity index (χ2n) is 7.61. The summed E-state index contributed by atoms with van der Waals surface area (Å²) in [5.74, 6) is -1.81. The van der Waals surface area contributed by atoms with Crippen LogP contribution in [0.5, 0.6) is 0 Å². The summed E-state index contributed by atoms with van der Waals surface area (Å²) in [6, 6.07) is 10.9. The maximum absolute atomic E-state index is 13.4. The van der Waals surface area contributed by atoms with Crippen LogP contribution in [0.25, 0.3) is 0 Å². The molecule has 2 saturated heterocycles. The number of anilines is 1. The Labute approximate surface area is 184 Å². The monoisotopic (exact) mass is 457 g/mol. The van der Waals surface area contributed by atoms with Gasteiger partial charge in [-0.05, 0) is 61.4 Å². The molecule has 0 bridgehead atoms. The molecular weight excluding hydrogens is 437 g/mol. The van der Waals surface area contributed by atoms with Crippen molar-refractivity contribution in [3.8, 4) is 6.07 Å². The van der Waals surface area contributed by atoms with E-state index in [1.165, 1.54) is 24.3 Å². The molecule has 0 radical (unpaired) electrons. The molecule has 32 heavy (non-hydrogen) atoms. The van der Waals surface area contributed by atoms with Crippen LogP contribution in [0.2, 0.25) is 0 Å². The van der Waals surface area contributed by atoms with Crippen molar-refractivity contribution in [2.24, 2.45) is 0 Å². The predicted molar refractivity (Wildman–Crippen MR) is 111 cm³/mol. The van der Waals surface area contributed by atoms with Crippen LogP contribution in [0.3, 0.4) is 0 Å². The first-order valence-electron chi connectivity index (χ1n) is 10.1. The molecule has 2 heterocycles. The van der Waals surface area contributed by atoms with Gasteiger partial charge in [-0.15, -0.1) is 0 Å². The number of nitriles is 1. The Kier molecular flexibility index (Phi) is 6.06. The summed E-state index contributed by atoms with van der Waals surface area (Å²) in [4.78, 5) is 26.8. The molecule has 2 fully saturated rings. The largest absolute Gasteiger partial charge is 0.377 e. The molecule has 2 aromatic carbocycles. The van der Waals surface area contributed by atoms with Crippen LogP contribution in [0, 0.1) is 17.1 Å². The van der Waals surface area contributed by atoms with E-state index in [0.29, 0.717) is 18.6 Å². The number of halogens is 1. The predicted octanol–water partition coefficient (Wildman–Crippen LogP) is 2.20. The van der Waals surface area contributed by atoms with Crippen LogP contribution in [-0.2, 0) is 24.3 Å². The van der Waals surface area contributed by atoms with Crippen molar-refractivity contribution in [1.29, 1.82) is 5.26 Å². The summed E-state index contributed by atoms with van der Waals surface area (Å²) in [5.41, 5.74) is 0.626. The number of sulfonamides is 1. The molecule has 0 aromatic heterocycles. The van der Waals surface area contributed by atoms with E-state index < -0.39 is 39.8 Å². The molecule has 2 aliphatic heterocycles. The van der Waals surface area contributed by atoms with Crippen LogP contribution in [-0.4, -0.2) is 49.8 Å². The second kappa shape index (κ2) is 8.78. The highest BCUT2D eigenvalue weighted by atomic mass is 32.2. The first-order valence-corrected chi connectivity index (χ1v) is 11.5. The molecule has 2 aromatic rings. The standard InChI is InChI=1S/C22H20FN3O5S/c23-16-5-9-19(10-6-16)32(29,30)25(14-18-2-1-11-31-18)20-12-21(27)26(22(20)28)17-7-3-15(13-24)4-8-17/h3-10,18,20H,1-2,11-12,14H2. The summed E-state index contributed by atoms with van der Waals surface area (Å²) in [7, 11) is -4.22. The van der Waals surface area contributed by atoms with Crippen molar-refractivity contribution in [3.05, 3.63) is 59.9 Å². The molecule has 0 N–H and O–H groups in total. The molecule has 8 nitrogen and oxygen atoms in total. The lowest BCUT2D eigenvalue weighted by Crippen LogP contribution is -2.48. The lowest BCUT2D eigenvalue weighted by Gasteiger charge is -2.28. The smallest absolute Gasteiger partial charge is 0.252 e. The Morgan fingerprint density at radius 1 is 1.12 bits per heavy atom. The van der Waals surface area contributed by atoms with Crippen molar-refractivity contribution < 1.29 is 27.1 Å². The van der Waals surface area contributed by atoms with E-state index >= 15 is 0 Å². The zero-order valence-electron chi connectivity index (χ0n) is 17.0. The Bertz CT molecular complexity index is 1170. The Morgan fingerprint density at radius 2 is 1.81 bits per heavy atom. The zero-order valence-corrected chi connectivity index (χ0v) is 17.8. The summed E-state index contributed by atoms with van der Waals surface area (Å²) in [6.07, 6.45) is 0.664. The van der Waals surface area contributed by atoms with E-state index in [1.54, 1.807) is 0 Å². The number of carbonyl (C=O) groups is 2. The van der Waals surface area contributed by atoms with E-state index in [2.05, 4.69) is 0 Å². The number of carbonyl (C=O) groups excluding carboxylic acids is 2. The molecule has 2 unspecified atom stereocenters. The molecule has 2 amide bonds. The molecular formula is C22H20FN3O5S. The van der Waals surface area contributed by atoms with Gasteiger partial charge in [0.2, 0.25) is 15.9 Å². The van der Waals surface area contributed by atoms with Crippen LogP contribution in [0.4, 0.5) is 10.1 Å². The molecule has 0 aliphatic carbocycles. The van der Waals surface area contributed by atoms with Gasteiger partial charge in [0, 0.05) is 13.2 Å². The van der Waals surface area contributed by atoms with E-state index in [4.69, 9.17) is 10.00 Å². The highest BCUT2D eigenvalue weighted by Crippen LogP contribution is 2.31. The van der Waals surface area contributed by atoms with Gasteiger partial charge in [0.25, 0.3) is 5.91 Å². The number of ether oxygens (including phenoxy) is 1. The number of imide groups is 1. The minimum Gasteiger partial charge on any atom is -0.377 e. The molecule has 4 rings (SSSR count). The Hall–Kier alpha value is -3.13. The maximum atomic E-state index is 13.4. The number of nitrogens with zero attached hydrogens (tertiary/aromatic N) is 3. The van der Waals surface area contributed by atoms with Crippen molar-refractivity contribution >= 4 is 27.5 Å². The van der Waals surface area contributed by atoms with E-state index in [0.717, 1.165) is 39.9 Å². The fraction of sp³-hybridized carbons (Fsp3) is 0.318. The van der Waals surface area contributed by atoms with Crippen molar-refractivity contribution in [2.75, 3.05) is 18.1 Å². The molecule has 10 heteroatoms. The second-order valence-corrected chi connectivity index (χ2v) is 9.50. The number of amides is 2. The average Bonchev–Trinajstić information content (AvgIpc) is 3.40. The fourth-order valence-electron chi connectivity index (χ4n) is 3.92. The minimum absolute atomic E-state index is 0.0927. The van der Waals surface area contributed by atoms with Crippen LogP contribution < -0.4 is 4.90 Å². The molecule has 2 aliphatic rings. The topological polar surface area (TPSA) is 108 Å². The average molecular weight is 457 g/mol. The number of hydrogen-bond acceptors (Lipinski definition) is 6. The van der Waals surface area contributed by atoms with Gasteiger partial charge < -0.3 is 4.74 Å². The van der Waals surface area contributed by atoms with Gasteiger partial charge in [0.05, 0.1) is 34.7 Å². The SMILES string of the molecule is N#Cc1ccc(N2C(=O)CC(N(CC3CCCO3)S(=O)(=O)c3ccc(F)cc3)C2=O)cc1. The molecule has 0 saturated carbocycles. The van der Waals surface area contributed by atoms with E-state index in [-0.39, 0.29) is 23.5 Å². The Balaban J connectivity index is 1.69. The lowest BCUT2D eigenvalue weighted by atomic mass is 10.2. The van der Waals surface area contributed by atoms with Crippen molar-refractivity contribution in [1.82, 2.24) is 4.31 Å². The zero-order chi connectivity index (χ0) is 22.9. The van der Waals surface area contributed by atoms with Gasteiger partial charge in [-0.2, -0.15) is 9.57 Å². The quantitative estimate of drug-likeness (QED) is 0.616. The van der Waals surface area contributed by atoms with Gasteiger partial charge in [-0.3, -0.25) is 9.59 Å². The van der Waals surface area contributed by atoms with Gasteiger partial charge in [0.15, 0.2) is 0 Å². The lowest BCUT2D eigenvalue weighted by molar-refractivity contribution is -0.122. The molecule has 0 spiro atoms. The number of rotatable bonds is 6. The van der Waals surface area contributed by atoms with Crippen LogP contribution in [0.15, 0.2) is 53.4 Å². The molecule has 2 atom stereocenters. The molecule has 166 valence electrons. The summed E-state index contributed by atoms with van der Waals surface area (Å²) in [6.45, 7) is 0.397. The number of hydrogen-bond donors (Lipinski definition) is 0. The first kappa shape index (κ1) is 22.1. The van der Waals surface area contributed by atoms with Gasteiger partial charge in [-0.25, -0.2) is 17.7 Å². The highest BCUT2D eigenvalue weighted by Gasteiger charge is 2.47. The third-order valence-corrected chi connectivity index (χ3v) is 7.44. The third kappa shape index (κ3) is 4.14. The van der Waals surface area contributed by atoms with E-state index in [9.17, 15) is 22.4 Å².